The van der Waals surface area contributed by atoms with Crippen molar-refractivity contribution in [3.63, 3.8) is 0 Å². The molecule has 7 unspecified atom stereocenters. The Kier molecular flexibility index (Phi) is 7.58. The number of piperidine rings is 1. The minimum Gasteiger partial charge on any atom is -0.446 e. The summed E-state index contributed by atoms with van der Waals surface area (Å²) in [6.07, 6.45) is 4.08. The normalized spacial score (nSPS) is 31.1. The van der Waals surface area contributed by atoms with Crippen molar-refractivity contribution in [3.05, 3.63) is 0 Å². The minimum atomic E-state index is -1.08. The summed E-state index contributed by atoms with van der Waals surface area (Å²) in [5.41, 5.74) is 4.48. The number of rotatable bonds is 9. The number of fused-ring (bicyclic) bond motifs is 1. The number of nitrogens with two attached hydrogens (primary N) is 1. The number of carbonyl (C=O) groups excluding carboxylic acids is 5. The molecule has 7 atom stereocenters. The maximum atomic E-state index is 14.0. The van der Waals surface area contributed by atoms with Crippen LogP contribution in [0.1, 0.15) is 80.1 Å². The number of nitrogens with one attached hydrogen (secondary N) is 2. The highest BCUT2D eigenvalue weighted by molar-refractivity contribution is 6.37. The second-order valence-electron chi connectivity index (χ2n) is 13.7. The Labute approximate surface area is 225 Å². The van der Waals surface area contributed by atoms with Crippen LogP contribution in [0.5, 0.6) is 0 Å². The number of Topliss-reactive ketones (excluding diaryl/α,β-unsaturated/α-hetero) is 1. The van der Waals surface area contributed by atoms with Gasteiger partial charge in [-0.25, -0.2) is 4.79 Å². The molecule has 38 heavy (non-hydrogen) atoms. The topological polar surface area (TPSA) is 148 Å². The molecule has 1 saturated heterocycles. The fourth-order valence-electron chi connectivity index (χ4n) is 6.54. The largest absolute Gasteiger partial charge is 0.446 e. The van der Waals surface area contributed by atoms with E-state index in [4.69, 9.17) is 10.5 Å². The van der Waals surface area contributed by atoms with Gasteiger partial charge in [-0.05, 0) is 60.2 Å². The maximum absolute atomic E-state index is 14.0. The maximum Gasteiger partial charge on any atom is 0.408 e. The number of likely N-dealkylation sites (tertiary alicyclic amines) is 1. The lowest BCUT2D eigenvalue weighted by molar-refractivity contribution is -0.145. The first kappa shape index (κ1) is 28.4. The molecule has 4 N–H and O–H groups in total. The third kappa shape index (κ3) is 5.83. The summed E-state index contributed by atoms with van der Waals surface area (Å²) in [6, 6.07) is -2.70. The zero-order chi connectivity index (χ0) is 28.2. The number of carbonyl (C=O) groups is 5. The summed E-state index contributed by atoms with van der Waals surface area (Å²) in [5, 5.41) is 5.56. The van der Waals surface area contributed by atoms with Gasteiger partial charge in [0.05, 0.1) is 6.04 Å². The molecule has 4 aliphatic rings. The van der Waals surface area contributed by atoms with E-state index in [1.54, 1.807) is 4.90 Å². The molecule has 0 aromatic heterocycles. The van der Waals surface area contributed by atoms with Gasteiger partial charge >= 0.3 is 6.09 Å². The Bertz CT molecular complexity index is 1000. The Morgan fingerprint density at radius 1 is 1.05 bits per heavy atom. The number of ketones is 1. The average molecular weight is 533 g/mol. The smallest absolute Gasteiger partial charge is 0.408 e. The first-order chi connectivity index (χ1) is 17.6. The van der Waals surface area contributed by atoms with Gasteiger partial charge in [0.15, 0.2) is 0 Å². The molecule has 10 nitrogen and oxygen atoms in total. The Hall–Kier alpha value is -2.65. The van der Waals surface area contributed by atoms with Crippen molar-refractivity contribution in [1.82, 2.24) is 15.5 Å². The van der Waals surface area contributed by atoms with Crippen LogP contribution in [0.4, 0.5) is 4.79 Å². The summed E-state index contributed by atoms with van der Waals surface area (Å²) >= 11 is 0. The number of hydrogen-bond acceptors (Lipinski definition) is 6. The van der Waals surface area contributed by atoms with Crippen LogP contribution in [0, 0.1) is 34.5 Å². The number of alkyl carbamates (subject to hydrolysis) is 1. The Morgan fingerprint density at radius 3 is 2.24 bits per heavy atom. The molecule has 0 spiro atoms. The predicted octanol–water partition coefficient (Wildman–Crippen LogP) is 2.14. The second kappa shape index (κ2) is 10.2. The molecule has 4 amide bonds. The van der Waals surface area contributed by atoms with Gasteiger partial charge < -0.3 is 26.0 Å². The first-order valence-electron chi connectivity index (χ1n) is 14.0. The molecule has 0 bridgehead atoms. The summed E-state index contributed by atoms with van der Waals surface area (Å²) in [6.45, 7) is 12.2. The lowest BCUT2D eigenvalue weighted by atomic mass is 9.85. The lowest BCUT2D eigenvalue weighted by Crippen LogP contribution is -2.60. The van der Waals surface area contributed by atoms with E-state index in [0.29, 0.717) is 18.9 Å². The molecule has 0 aromatic carbocycles. The molecule has 1 heterocycles. The van der Waals surface area contributed by atoms with Crippen molar-refractivity contribution < 1.29 is 28.7 Å². The molecule has 0 radical (unpaired) electrons. The average Bonchev–Trinajstić information content (AvgIpc) is 3.57. The van der Waals surface area contributed by atoms with Crippen molar-refractivity contribution in [3.8, 4) is 0 Å². The van der Waals surface area contributed by atoms with Crippen LogP contribution in [0.15, 0.2) is 0 Å². The van der Waals surface area contributed by atoms with Crippen LogP contribution in [-0.4, -0.2) is 65.3 Å². The van der Waals surface area contributed by atoms with Gasteiger partial charge in [-0.15, -0.1) is 0 Å². The van der Waals surface area contributed by atoms with E-state index in [9.17, 15) is 24.0 Å². The van der Waals surface area contributed by atoms with Crippen LogP contribution in [0.2, 0.25) is 0 Å². The van der Waals surface area contributed by atoms with E-state index < -0.39 is 47.2 Å². The van der Waals surface area contributed by atoms with Gasteiger partial charge in [0.2, 0.25) is 17.6 Å². The third-order valence-corrected chi connectivity index (χ3v) is 9.20. The monoisotopic (exact) mass is 532 g/mol. The van der Waals surface area contributed by atoms with E-state index in [2.05, 4.69) is 31.4 Å². The van der Waals surface area contributed by atoms with Crippen LogP contribution in [-0.2, 0) is 23.9 Å². The van der Waals surface area contributed by atoms with Crippen LogP contribution < -0.4 is 16.4 Å². The SMILES string of the molecule is CC1CCC(OC(=O)NC(C(=O)N2CC3C(C2C(=O)NC(CC2CC2)C(=O)C(N)=O)C3(C)C)C(C)(C)C)C1. The van der Waals surface area contributed by atoms with Gasteiger partial charge in [-0.3, -0.25) is 19.2 Å². The number of amides is 4. The van der Waals surface area contributed by atoms with Crippen molar-refractivity contribution >= 4 is 29.6 Å². The van der Waals surface area contributed by atoms with Crippen LogP contribution >= 0.6 is 0 Å². The zero-order valence-electron chi connectivity index (χ0n) is 23.5. The highest BCUT2D eigenvalue weighted by Gasteiger charge is 2.70. The molecule has 1 aliphatic heterocycles. The minimum absolute atomic E-state index is 0.0794. The van der Waals surface area contributed by atoms with Crippen LogP contribution in [0.25, 0.3) is 0 Å². The fraction of sp³-hybridized carbons (Fsp3) is 0.821. The molecule has 4 fully saturated rings. The van der Waals surface area contributed by atoms with Gasteiger partial charge in [0, 0.05) is 6.54 Å². The van der Waals surface area contributed by atoms with Crippen molar-refractivity contribution in [2.75, 3.05) is 6.54 Å². The predicted molar refractivity (Wildman–Crippen MR) is 139 cm³/mol. The fourth-order valence-corrected chi connectivity index (χ4v) is 6.54. The molecule has 10 heteroatoms. The number of hydrogen-bond donors (Lipinski definition) is 3. The van der Waals surface area contributed by atoms with Crippen molar-refractivity contribution in [1.29, 1.82) is 0 Å². The van der Waals surface area contributed by atoms with E-state index in [-0.39, 0.29) is 35.2 Å². The Morgan fingerprint density at radius 2 is 1.71 bits per heavy atom. The highest BCUT2D eigenvalue weighted by atomic mass is 16.6. The molecule has 212 valence electrons. The zero-order valence-corrected chi connectivity index (χ0v) is 23.5. The molecule has 3 aliphatic carbocycles. The van der Waals surface area contributed by atoms with Crippen molar-refractivity contribution in [2.45, 2.75) is 104 Å². The van der Waals surface area contributed by atoms with E-state index in [1.165, 1.54) is 0 Å². The van der Waals surface area contributed by atoms with Gasteiger partial charge in [0.1, 0.15) is 18.2 Å². The molecular weight excluding hydrogens is 488 g/mol. The standard InChI is InChI=1S/C28H44N4O6/c1-14-7-10-16(11-14)38-26(37)31-22(27(2,3)4)25(36)32-13-17-19(28(17,5)6)20(32)24(35)30-18(12-15-8-9-15)21(33)23(29)34/h14-20,22H,7-13H2,1-6H3,(H2,29,34)(H,30,35)(H,31,37). The molecule has 4 rings (SSSR count). The summed E-state index contributed by atoms with van der Waals surface area (Å²) in [5.74, 6) is -1.87. The van der Waals surface area contributed by atoms with Crippen LogP contribution in [0.3, 0.4) is 0 Å². The first-order valence-corrected chi connectivity index (χ1v) is 14.0. The van der Waals surface area contributed by atoms with Gasteiger partial charge in [0.25, 0.3) is 5.91 Å². The summed E-state index contributed by atoms with van der Waals surface area (Å²) in [4.78, 5) is 66.1. The third-order valence-electron chi connectivity index (χ3n) is 9.20. The van der Waals surface area contributed by atoms with E-state index in [0.717, 1.165) is 32.1 Å². The number of ether oxygens (including phenoxy) is 1. The highest BCUT2D eigenvalue weighted by Crippen LogP contribution is 2.65. The molecular formula is C28H44N4O6. The van der Waals surface area contributed by atoms with E-state index >= 15 is 0 Å². The quantitative estimate of drug-likeness (QED) is 0.388. The molecule has 0 aromatic rings. The molecule has 3 saturated carbocycles. The van der Waals surface area contributed by atoms with Gasteiger partial charge in [-0.1, -0.05) is 54.4 Å². The second-order valence-corrected chi connectivity index (χ2v) is 13.7. The number of primary amides is 1. The van der Waals surface area contributed by atoms with E-state index in [1.807, 2.05) is 20.8 Å². The summed E-state index contributed by atoms with van der Waals surface area (Å²) in [7, 11) is 0. The van der Waals surface area contributed by atoms with Crippen molar-refractivity contribution in [2.24, 2.45) is 40.2 Å². The Balaban J connectivity index is 1.50. The summed E-state index contributed by atoms with van der Waals surface area (Å²) < 4.78 is 5.62. The lowest BCUT2D eigenvalue weighted by Gasteiger charge is -2.37. The number of nitrogens with zero attached hydrogens (tertiary/aromatic N) is 1. The van der Waals surface area contributed by atoms with Gasteiger partial charge in [-0.2, -0.15) is 0 Å².